The van der Waals surface area contributed by atoms with Crippen molar-refractivity contribution in [3.63, 3.8) is 0 Å². The molecule has 1 aromatic carbocycles. The Morgan fingerprint density at radius 3 is 2.69 bits per heavy atom. The van der Waals surface area contributed by atoms with Crippen molar-refractivity contribution in [1.29, 1.82) is 0 Å². The maximum Gasteiger partial charge on any atom is 0.166 e. The lowest BCUT2D eigenvalue weighted by atomic mass is 10.1. The van der Waals surface area contributed by atoms with E-state index in [1.54, 1.807) is 29.9 Å². The first-order valence-electron chi connectivity index (χ1n) is 9.26. The number of nitrogen functional groups attached to an aromatic ring is 1. The van der Waals surface area contributed by atoms with Crippen LogP contribution in [0.25, 0.3) is 11.1 Å². The number of ether oxygens (including phenoxy) is 2. The number of nitrogens with zero attached hydrogens (tertiary/aromatic N) is 3. The highest BCUT2D eigenvalue weighted by Gasteiger charge is 2.19. The molecule has 0 amide bonds. The summed E-state index contributed by atoms with van der Waals surface area (Å²) in [5.74, 6) is 0.765. The van der Waals surface area contributed by atoms with E-state index in [1.807, 2.05) is 13.8 Å². The van der Waals surface area contributed by atoms with Crippen LogP contribution in [0.2, 0.25) is 0 Å². The van der Waals surface area contributed by atoms with Crippen LogP contribution in [-0.4, -0.2) is 33.6 Å². The van der Waals surface area contributed by atoms with Crippen molar-refractivity contribution in [1.82, 2.24) is 14.8 Å². The molecule has 0 radical (unpaired) electrons. The van der Waals surface area contributed by atoms with Gasteiger partial charge < -0.3 is 20.3 Å². The molecule has 8 heteroatoms. The van der Waals surface area contributed by atoms with Crippen molar-refractivity contribution in [3.8, 4) is 22.6 Å². The minimum atomic E-state index is -0.515. The highest BCUT2D eigenvalue weighted by molar-refractivity contribution is 5.71. The Morgan fingerprint density at radius 2 is 2.00 bits per heavy atom. The third-order valence-electron chi connectivity index (χ3n) is 4.80. The average Bonchev–Trinajstić information content (AvgIpc) is 2.97. The minimum Gasteiger partial charge on any atom is -0.496 e. The lowest BCUT2D eigenvalue weighted by Crippen LogP contribution is -2.08. The van der Waals surface area contributed by atoms with E-state index in [-0.39, 0.29) is 18.2 Å². The summed E-state index contributed by atoms with van der Waals surface area (Å²) in [6.07, 6.45) is 1.15. The second-order valence-electron chi connectivity index (χ2n) is 6.75. The van der Waals surface area contributed by atoms with E-state index >= 15 is 0 Å². The molecule has 3 aromatic rings. The van der Waals surface area contributed by atoms with E-state index in [9.17, 15) is 9.50 Å². The summed E-state index contributed by atoms with van der Waals surface area (Å²) in [7, 11) is 1.52. The van der Waals surface area contributed by atoms with Gasteiger partial charge in [0, 0.05) is 28.6 Å². The fraction of sp³-hybridized carbons (Fsp3) is 0.333. The number of aromatic nitrogens is 3. The number of aryl methyl sites for hydroxylation is 1. The van der Waals surface area contributed by atoms with Crippen LogP contribution < -0.4 is 15.2 Å². The predicted molar refractivity (Wildman–Crippen MR) is 108 cm³/mol. The van der Waals surface area contributed by atoms with Gasteiger partial charge in [-0.3, -0.25) is 4.68 Å². The zero-order valence-electron chi connectivity index (χ0n) is 16.9. The molecule has 0 fully saturated rings. The Balaban J connectivity index is 1.96. The first-order valence-corrected chi connectivity index (χ1v) is 9.26. The highest BCUT2D eigenvalue weighted by atomic mass is 19.1. The Kier molecular flexibility index (Phi) is 6.03. The Bertz CT molecular complexity index is 1020. The van der Waals surface area contributed by atoms with Crippen molar-refractivity contribution in [2.24, 2.45) is 0 Å². The molecule has 0 saturated heterocycles. The molecule has 0 unspecified atom stereocenters. The number of pyridine rings is 1. The van der Waals surface area contributed by atoms with Crippen LogP contribution in [-0.2, 0) is 6.54 Å². The number of anilines is 1. The maximum atomic E-state index is 13.7. The zero-order chi connectivity index (χ0) is 21.1. The Hall–Kier alpha value is -3.13. The second kappa shape index (κ2) is 8.48. The van der Waals surface area contributed by atoms with Crippen molar-refractivity contribution in [2.45, 2.75) is 33.4 Å². The van der Waals surface area contributed by atoms with Crippen LogP contribution in [0, 0.1) is 19.7 Å². The summed E-state index contributed by atoms with van der Waals surface area (Å²) in [4.78, 5) is 4.26. The fourth-order valence-corrected chi connectivity index (χ4v) is 3.39. The minimum absolute atomic E-state index is 0.00271. The van der Waals surface area contributed by atoms with Gasteiger partial charge in [0.2, 0.25) is 0 Å². The van der Waals surface area contributed by atoms with Crippen LogP contribution in [0.5, 0.6) is 11.5 Å². The number of rotatable bonds is 7. The molecule has 0 aliphatic carbocycles. The average molecular weight is 400 g/mol. The number of hydrogen-bond acceptors (Lipinski definition) is 6. The number of aliphatic hydroxyl groups excluding tert-OH is 1. The van der Waals surface area contributed by atoms with E-state index in [2.05, 4.69) is 10.1 Å². The van der Waals surface area contributed by atoms with Gasteiger partial charge in [0.15, 0.2) is 11.6 Å². The molecule has 3 rings (SSSR count). The molecule has 2 aromatic heterocycles. The van der Waals surface area contributed by atoms with E-state index < -0.39 is 6.10 Å². The molecule has 0 spiro atoms. The highest BCUT2D eigenvalue weighted by Crippen LogP contribution is 2.35. The quantitative estimate of drug-likeness (QED) is 0.631. The van der Waals surface area contributed by atoms with Gasteiger partial charge in [0.1, 0.15) is 17.7 Å². The third kappa shape index (κ3) is 4.17. The van der Waals surface area contributed by atoms with Gasteiger partial charge in [-0.05, 0) is 45.0 Å². The van der Waals surface area contributed by atoms with Crippen molar-refractivity contribution in [2.75, 3.05) is 19.5 Å². The molecule has 154 valence electrons. The molecule has 1 atom stereocenters. The molecule has 0 aliphatic heterocycles. The molecular formula is C21H25FN4O3. The largest absolute Gasteiger partial charge is 0.496 e. The lowest BCUT2D eigenvalue weighted by molar-refractivity contribution is 0.221. The lowest BCUT2D eigenvalue weighted by Gasteiger charge is -2.19. The number of aliphatic hydroxyl groups is 1. The van der Waals surface area contributed by atoms with Gasteiger partial charge >= 0.3 is 0 Å². The second-order valence-corrected chi connectivity index (χ2v) is 6.75. The van der Waals surface area contributed by atoms with E-state index in [0.717, 1.165) is 22.5 Å². The van der Waals surface area contributed by atoms with Crippen LogP contribution >= 0.6 is 0 Å². The molecular weight excluding hydrogens is 375 g/mol. The van der Waals surface area contributed by atoms with Gasteiger partial charge in [0.05, 0.1) is 26.0 Å². The Morgan fingerprint density at radius 1 is 1.24 bits per heavy atom. The van der Waals surface area contributed by atoms with Crippen molar-refractivity contribution in [3.05, 3.63) is 53.2 Å². The molecule has 0 aliphatic rings. The molecule has 0 saturated carbocycles. The summed E-state index contributed by atoms with van der Waals surface area (Å²) in [6, 6.07) is 6.07. The smallest absolute Gasteiger partial charge is 0.166 e. The number of halogens is 1. The van der Waals surface area contributed by atoms with Crippen LogP contribution in [0.3, 0.4) is 0 Å². The summed E-state index contributed by atoms with van der Waals surface area (Å²) < 4.78 is 26.8. The summed E-state index contributed by atoms with van der Waals surface area (Å²) in [5.41, 5.74) is 10.0. The van der Waals surface area contributed by atoms with Crippen molar-refractivity contribution < 1.29 is 19.0 Å². The molecule has 2 heterocycles. The summed E-state index contributed by atoms with van der Waals surface area (Å²) in [5, 5.41) is 13.7. The van der Waals surface area contributed by atoms with E-state index in [4.69, 9.17) is 15.2 Å². The van der Waals surface area contributed by atoms with Gasteiger partial charge in [-0.15, -0.1) is 0 Å². The van der Waals surface area contributed by atoms with Gasteiger partial charge in [-0.25, -0.2) is 9.37 Å². The summed E-state index contributed by atoms with van der Waals surface area (Å²) >= 11 is 0. The number of hydrogen-bond donors (Lipinski definition) is 2. The number of nitrogens with two attached hydrogens (primary N) is 1. The molecule has 29 heavy (non-hydrogen) atoms. The van der Waals surface area contributed by atoms with Gasteiger partial charge in [-0.2, -0.15) is 5.10 Å². The first-order chi connectivity index (χ1) is 13.8. The van der Waals surface area contributed by atoms with Crippen LogP contribution in [0.4, 0.5) is 10.2 Å². The van der Waals surface area contributed by atoms with E-state index in [0.29, 0.717) is 23.6 Å². The first kappa shape index (κ1) is 20.6. The topological polar surface area (TPSA) is 95.4 Å². The zero-order valence-corrected chi connectivity index (χ0v) is 16.9. The normalized spacial score (nSPS) is 12.1. The fourth-order valence-electron chi connectivity index (χ4n) is 3.39. The standard InChI is InChI=1S/C21H25FN4O3/c1-12-20(13(2)26(25-12)7-8-27)15-9-19(21(23)24-11-15)29-14(3)17-10-16(22)5-6-18(17)28-4/h5-6,9-11,14,27H,7-8H2,1-4H3,(H2,23,24)/t14-/m1/s1. The van der Waals surface area contributed by atoms with Crippen LogP contribution in [0.1, 0.15) is 30.0 Å². The Labute approximate surface area is 168 Å². The monoisotopic (exact) mass is 400 g/mol. The van der Waals surface area contributed by atoms with Gasteiger partial charge in [-0.1, -0.05) is 0 Å². The van der Waals surface area contributed by atoms with E-state index in [1.165, 1.54) is 19.2 Å². The molecule has 0 bridgehead atoms. The number of methoxy groups -OCH3 is 1. The predicted octanol–water partition coefficient (Wildman–Crippen LogP) is 3.42. The third-order valence-corrected chi connectivity index (χ3v) is 4.80. The molecule has 7 nitrogen and oxygen atoms in total. The maximum absolute atomic E-state index is 13.7. The molecule has 3 N–H and O–H groups in total. The summed E-state index contributed by atoms with van der Waals surface area (Å²) in [6.45, 7) is 6.03. The van der Waals surface area contributed by atoms with Crippen molar-refractivity contribution >= 4 is 5.82 Å². The number of benzene rings is 1. The SMILES string of the molecule is COc1ccc(F)cc1[C@@H](C)Oc1cc(-c2c(C)nn(CCO)c2C)cnc1N. The van der Waals surface area contributed by atoms with Gasteiger partial charge in [0.25, 0.3) is 0 Å². The van der Waals surface area contributed by atoms with Crippen LogP contribution in [0.15, 0.2) is 30.5 Å².